The van der Waals surface area contributed by atoms with E-state index in [0.717, 1.165) is 16.7 Å². The number of nitrogens with zero attached hydrogens (tertiary/aromatic N) is 5. The number of halogens is 2. The summed E-state index contributed by atoms with van der Waals surface area (Å²) in [5.74, 6) is -2.14. The van der Waals surface area contributed by atoms with Gasteiger partial charge in [0.15, 0.2) is 5.82 Å². The number of aromatic hydroxyl groups is 1. The highest BCUT2D eigenvalue weighted by molar-refractivity contribution is 5.90. The number of carbonyl (C=O) groups excluding carboxylic acids is 1. The summed E-state index contributed by atoms with van der Waals surface area (Å²) in [5, 5.41) is 10.3. The number of phenolic OH excluding ortho intramolecular Hbond substituents is 1. The van der Waals surface area contributed by atoms with Gasteiger partial charge in [-0.05, 0) is 31.2 Å². The number of rotatable bonds is 3. The van der Waals surface area contributed by atoms with Gasteiger partial charge in [0.1, 0.15) is 28.7 Å². The molecular weight excluding hydrogens is 420 g/mol. The molecule has 1 amide bonds. The van der Waals surface area contributed by atoms with Crippen LogP contribution in [-0.4, -0.2) is 56.1 Å². The lowest BCUT2D eigenvalue weighted by molar-refractivity contribution is -0.126. The number of aryl methyl sites for hydroxylation is 1. The van der Waals surface area contributed by atoms with Crippen molar-refractivity contribution in [2.24, 2.45) is 7.05 Å². The highest BCUT2D eigenvalue weighted by Gasteiger charge is 2.29. The van der Waals surface area contributed by atoms with Crippen molar-refractivity contribution in [3.05, 3.63) is 59.0 Å². The number of benzene rings is 1. The lowest BCUT2D eigenvalue weighted by Gasteiger charge is -2.40. The summed E-state index contributed by atoms with van der Waals surface area (Å²) in [6.07, 6.45) is 1.24. The molecule has 10 heteroatoms. The SMILES string of the molecule is C=CC(=O)N1CCN(c2nc(=O)n(C)c3nc(-c4c(O)cccc4F)c(F)cc23)[C@@H](C)C1. The van der Waals surface area contributed by atoms with E-state index < -0.39 is 28.8 Å². The Balaban J connectivity index is 1.87. The van der Waals surface area contributed by atoms with Crippen LogP contribution in [0.2, 0.25) is 0 Å². The number of piperazine rings is 1. The zero-order valence-corrected chi connectivity index (χ0v) is 17.5. The Kier molecular flexibility index (Phi) is 5.37. The van der Waals surface area contributed by atoms with Crippen LogP contribution in [0.15, 0.2) is 41.7 Å². The Bertz CT molecular complexity index is 1290. The Hall–Kier alpha value is -3.82. The average Bonchev–Trinajstić information content (AvgIpc) is 2.76. The Morgan fingerprint density at radius 3 is 2.66 bits per heavy atom. The van der Waals surface area contributed by atoms with Crippen LogP contribution in [0.1, 0.15) is 6.92 Å². The van der Waals surface area contributed by atoms with E-state index in [9.17, 15) is 19.1 Å². The number of pyridine rings is 1. The summed E-state index contributed by atoms with van der Waals surface area (Å²) in [4.78, 5) is 36.3. The van der Waals surface area contributed by atoms with E-state index >= 15 is 4.39 Å². The van der Waals surface area contributed by atoms with Gasteiger partial charge in [-0.3, -0.25) is 9.36 Å². The van der Waals surface area contributed by atoms with Crippen LogP contribution in [0.3, 0.4) is 0 Å². The minimum Gasteiger partial charge on any atom is -0.507 e. The van der Waals surface area contributed by atoms with E-state index in [1.54, 1.807) is 4.90 Å². The number of hydrogen-bond acceptors (Lipinski definition) is 6. The fourth-order valence-corrected chi connectivity index (χ4v) is 3.96. The smallest absolute Gasteiger partial charge is 0.350 e. The first-order chi connectivity index (χ1) is 15.2. The maximum absolute atomic E-state index is 15.1. The summed E-state index contributed by atoms with van der Waals surface area (Å²) in [5.41, 5.74) is -1.32. The molecule has 0 saturated carbocycles. The van der Waals surface area contributed by atoms with Gasteiger partial charge in [-0.15, -0.1) is 0 Å². The molecule has 1 atom stereocenters. The van der Waals surface area contributed by atoms with Crippen LogP contribution in [0.5, 0.6) is 5.75 Å². The van der Waals surface area contributed by atoms with Gasteiger partial charge >= 0.3 is 5.69 Å². The lowest BCUT2D eigenvalue weighted by Crippen LogP contribution is -2.54. The summed E-state index contributed by atoms with van der Waals surface area (Å²) in [6, 6.07) is 4.53. The van der Waals surface area contributed by atoms with E-state index in [1.165, 1.54) is 25.3 Å². The van der Waals surface area contributed by atoms with E-state index in [-0.39, 0.29) is 34.4 Å². The summed E-state index contributed by atoms with van der Waals surface area (Å²) < 4.78 is 30.6. The fourth-order valence-electron chi connectivity index (χ4n) is 3.96. The summed E-state index contributed by atoms with van der Waals surface area (Å²) in [7, 11) is 1.43. The minimum absolute atomic E-state index is 0.0934. The first-order valence-electron chi connectivity index (χ1n) is 9.96. The molecule has 0 bridgehead atoms. The second kappa shape index (κ2) is 8.03. The van der Waals surface area contributed by atoms with Crippen molar-refractivity contribution in [2.45, 2.75) is 13.0 Å². The molecule has 0 radical (unpaired) electrons. The highest BCUT2D eigenvalue weighted by Crippen LogP contribution is 2.35. The van der Waals surface area contributed by atoms with Crippen LogP contribution < -0.4 is 10.6 Å². The molecule has 1 saturated heterocycles. The quantitative estimate of drug-likeness (QED) is 0.627. The number of anilines is 1. The molecule has 0 spiro atoms. The standard InChI is InChI=1S/C22H21F2N5O3/c1-4-17(31)28-8-9-29(12(2)11-28)21-13-10-15(24)19(18-14(23)6-5-7-16(18)30)25-20(13)27(3)22(32)26-21/h4-7,10,12,30H,1,8-9,11H2,2-3H3/t12-/m0/s1. The Labute approximate surface area is 182 Å². The normalized spacial score (nSPS) is 16.4. The highest BCUT2D eigenvalue weighted by atomic mass is 19.1. The van der Waals surface area contributed by atoms with Crippen molar-refractivity contribution in [2.75, 3.05) is 24.5 Å². The van der Waals surface area contributed by atoms with Gasteiger partial charge in [-0.2, -0.15) is 4.98 Å². The molecule has 1 N–H and O–H groups in total. The third-order valence-electron chi connectivity index (χ3n) is 5.62. The molecule has 1 aromatic carbocycles. The molecule has 1 aliphatic rings. The predicted octanol–water partition coefficient (Wildman–Crippen LogP) is 2.20. The maximum Gasteiger partial charge on any atom is 0.350 e. The average molecular weight is 441 g/mol. The molecule has 8 nitrogen and oxygen atoms in total. The van der Waals surface area contributed by atoms with Gasteiger partial charge in [0.25, 0.3) is 0 Å². The third kappa shape index (κ3) is 3.47. The summed E-state index contributed by atoms with van der Waals surface area (Å²) >= 11 is 0. The van der Waals surface area contributed by atoms with Crippen molar-refractivity contribution >= 4 is 22.8 Å². The zero-order valence-electron chi connectivity index (χ0n) is 17.5. The number of carbonyl (C=O) groups is 1. The molecule has 1 fully saturated rings. The molecule has 4 rings (SSSR count). The van der Waals surface area contributed by atoms with Crippen LogP contribution in [0, 0.1) is 11.6 Å². The molecule has 1 aliphatic heterocycles. The van der Waals surface area contributed by atoms with Crippen molar-refractivity contribution < 1.29 is 18.7 Å². The van der Waals surface area contributed by atoms with E-state index in [1.807, 2.05) is 11.8 Å². The van der Waals surface area contributed by atoms with Gasteiger partial charge in [-0.1, -0.05) is 12.6 Å². The van der Waals surface area contributed by atoms with Gasteiger partial charge in [0.05, 0.1) is 10.9 Å². The minimum atomic E-state index is -0.868. The number of phenols is 1. The van der Waals surface area contributed by atoms with Crippen molar-refractivity contribution in [3.63, 3.8) is 0 Å². The summed E-state index contributed by atoms with van der Waals surface area (Å²) in [6.45, 7) is 6.49. The molecule has 32 heavy (non-hydrogen) atoms. The molecule has 0 aliphatic carbocycles. The van der Waals surface area contributed by atoms with Gasteiger partial charge in [-0.25, -0.2) is 18.6 Å². The van der Waals surface area contributed by atoms with Crippen LogP contribution >= 0.6 is 0 Å². The van der Waals surface area contributed by atoms with E-state index in [2.05, 4.69) is 16.5 Å². The van der Waals surface area contributed by atoms with E-state index in [0.29, 0.717) is 19.6 Å². The number of fused-ring (bicyclic) bond motifs is 1. The number of amides is 1. The van der Waals surface area contributed by atoms with Crippen LogP contribution in [-0.2, 0) is 11.8 Å². The predicted molar refractivity (Wildman–Crippen MR) is 115 cm³/mol. The lowest BCUT2D eigenvalue weighted by atomic mass is 10.1. The first-order valence-corrected chi connectivity index (χ1v) is 9.96. The van der Waals surface area contributed by atoms with Gasteiger partial charge in [0.2, 0.25) is 5.91 Å². The first kappa shape index (κ1) is 21.4. The fraction of sp³-hybridized carbons (Fsp3) is 0.273. The Morgan fingerprint density at radius 2 is 2.00 bits per heavy atom. The molecule has 2 aromatic heterocycles. The topological polar surface area (TPSA) is 91.6 Å². The number of aromatic nitrogens is 3. The molecular formula is C22H21F2N5O3. The van der Waals surface area contributed by atoms with Crippen molar-refractivity contribution in [1.82, 2.24) is 19.4 Å². The second-order valence-electron chi connectivity index (χ2n) is 7.63. The molecule has 166 valence electrons. The van der Waals surface area contributed by atoms with Gasteiger partial charge < -0.3 is 14.9 Å². The maximum atomic E-state index is 15.1. The number of hydrogen-bond donors (Lipinski definition) is 1. The molecule has 0 unspecified atom stereocenters. The van der Waals surface area contributed by atoms with Crippen molar-refractivity contribution in [1.29, 1.82) is 0 Å². The van der Waals surface area contributed by atoms with Crippen LogP contribution in [0.25, 0.3) is 22.3 Å². The molecule has 3 heterocycles. The van der Waals surface area contributed by atoms with Crippen molar-refractivity contribution in [3.8, 4) is 17.0 Å². The van der Waals surface area contributed by atoms with E-state index in [4.69, 9.17) is 0 Å². The third-order valence-corrected chi connectivity index (χ3v) is 5.62. The zero-order chi connectivity index (χ0) is 23.2. The largest absolute Gasteiger partial charge is 0.507 e. The monoisotopic (exact) mass is 441 g/mol. The van der Waals surface area contributed by atoms with Crippen LogP contribution in [0.4, 0.5) is 14.6 Å². The molecule has 3 aromatic rings. The van der Waals surface area contributed by atoms with Gasteiger partial charge in [0, 0.05) is 32.7 Å². The Morgan fingerprint density at radius 1 is 1.25 bits per heavy atom. The second-order valence-corrected chi connectivity index (χ2v) is 7.63.